The number of ether oxygens (including phenoxy) is 1. The Balaban J connectivity index is 1.69. The number of anilines is 1. The van der Waals surface area contributed by atoms with Crippen molar-refractivity contribution in [2.45, 2.75) is 38.2 Å². The van der Waals surface area contributed by atoms with Crippen LogP contribution < -0.4 is 4.90 Å². The largest absolute Gasteiger partial charge is 0.368 e. The molecule has 1 aromatic carbocycles. The highest BCUT2D eigenvalue weighted by atomic mass is 16.5. The smallest absolute Gasteiger partial charge is 0.252 e. The predicted octanol–water partition coefficient (Wildman–Crippen LogP) is 3.55. The number of carbonyl (C=O) groups excluding carboxylic acids is 1. The number of hydrogen-bond donors (Lipinski definition) is 0. The van der Waals surface area contributed by atoms with E-state index in [9.17, 15) is 4.79 Å². The number of pyridine rings is 1. The van der Waals surface area contributed by atoms with E-state index in [4.69, 9.17) is 4.74 Å². The number of rotatable bonds is 4. The average molecular weight is 298 g/mol. The molecule has 0 bridgehead atoms. The second-order valence-corrected chi connectivity index (χ2v) is 5.87. The zero-order chi connectivity index (χ0) is 15.4. The van der Waals surface area contributed by atoms with Crippen LogP contribution in [0.25, 0.3) is 10.9 Å². The van der Waals surface area contributed by atoms with Gasteiger partial charge in [0.15, 0.2) is 0 Å². The third-order valence-electron chi connectivity index (χ3n) is 4.35. The average Bonchev–Trinajstić information content (AvgIpc) is 2.59. The van der Waals surface area contributed by atoms with Crippen molar-refractivity contribution in [3.05, 3.63) is 36.5 Å². The Morgan fingerprint density at radius 3 is 2.86 bits per heavy atom. The highest BCUT2D eigenvalue weighted by Crippen LogP contribution is 2.25. The molecule has 1 aliphatic carbocycles. The van der Waals surface area contributed by atoms with Gasteiger partial charge in [-0.3, -0.25) is 9.78 Å². The van der Waals surface area contributed by atoms with Crippen LogP contribution in [0.5, 0.6) is 0 Å². The minimum absolute atomic E-state index is 0.0121. The third kappa shape index (κ3) is 3.28. The van der Waals surface area contributed by atoms with Crippen molar-refractivity contribution in [2.75, 3.05) is 18.6 Å². The minimum atomic E-state index is -0.0121. The van der Waals surface area contributed by atoms with E-state index < -0.39 is 0 Å². The van der Waals surface area contributed by atoms with Crippen molar-refractivity contribution in [1.29, 1.82) is 0 Å². The number of amides is 1. The van der Waals surface area contributed by atoms with E-state index in [0.717, 1.165) is 29.4 Å². The molecule has 0 saturated heterocycles. The summed E-state index contributed by atoms with van der Waals surface area (Å²) in [7, 11) is 1.80. The Morgan fingerprint density at radius 2 is 2.05 bits per heavy atom. The van der Waals surface area contributed by atoms with E-state index in [0.29, 0.717) is 0 Å². The van der Waals surface area contributed by atoms with Crippen molar-refractivity contribution in [3.8, 4) is 0 Å². The summed E-state index contributed by atoms with van der Waals surface area (Å²) in [6.45, 7) is 0.151. The van der Waals surface area contributed by atoms with Crippen molar-refractivity contribution in [1.82, 2.24) is 4.98 Å². The molecule has 0 radical (unpaired) electrons. The van der Waals surface area contributed by atoms with Crippen LogP contribution in [-0.4, -0.2) is 30.6 Å². The molecule has 4 heteroatoms. The summed E-state index contributed by atoms with van der Waals surface area (Å²) in [6.07, 6.45) is 7.88. The highest BCUT2D eigenvalue weighted by Gasteiger charge is 2.18. The monoisotopic (exact) mass is 298 g/mol. The van der Waals surface area contributed by atoms with Gasteiger partial charge in [0.25, 0.3) is 5.91 Å². The van der Waals surface area contributed by atoms with Gasteiger partial charge in [0, 0.05) is 18.6 Å². The summed E-state index contributed by atoms with van der Waals surface area (Å²) in [4.78, 5) is 18.4. The van der Waals surface area contributed by atoms with Gasteiger partial charge >= 0.3 is 0 Å². The molecule has 22 heavy (non-hydrogen) atoms. The van der Waals surface area contributed by atoms with Crippen molar-refractivity contribution in [3.63, 3.8) is 0 Å². The number of fused-ring (bicyclic) bond motifs is 1. The van der Waals surface area contributed by atoms with Crippen LogP contribution in [-0.2, 0) is 9.53 Å². The van der Waals surface area contributed by atoms with Crippen molar-refractivity contribution < 1.29 is 9.53 Å². The lowest BCUT2D eigenvalue weighted by atomic mass is 9.98. The fourth-order valence-electron chi connectivity index (χ4n) is 3.03. The minimum Gasteiger partial charge on any atom is -0.368 e. The van der Waals surface area contributed by atoms with E-state index in [-0.39, 0.29) is 18.6 Å². The molecule has 1 aromatic heterocycles. The Labute approximate surface area is 131 Å². The van der Waals surface area contributed by atoms with Crippen LogP contribution in [0.1, 0.15) is 32.1 Å². The van der Waals surface area contributed by atoms with Crippen LogP contribution in [0.2, 0.25) is 0 Å². The number of nitrogens with zero attached hydrogens (tertiary/aromatic N) is 2. The Kier molecular flexibility index (Phi) is 4.68. The molecule has 1 amide bonds. The van der Waals surface area contributed by atoms with Gasteiger partial charge < -0.3 is 9.64 Å². The van der Waals surface area contributed by atoms with Gasteiger partial charge in [-0.2, -0.15) is 0 Å². The quantitative estimate of drug-likeness (QED) is 0.867. The molecule has 3 rings (SSSR count). The first-order valence-electron chi connectivity index (χ1n) is 7.97. The summed E-state index contributed by atoms with van der Waals surface area (Å²) in [5.74, 6) is -0.0121. The fraction of sp³-hybridized carbons (Fsp3) is 0.444. The number of likely N-dealkylation sites (N-methyl/N-ethyl adjacent to an activating group) is 1. The van der Waals surface area contributed by atoms with Crippen molar-refractivity contribution >= 4 is 22.5 Å². The van der Waals surface area contributed by atoms with Gasteiger partial charge in [0.1, 0.15) is 6.61 Å². The molecular weight excluding hydrogens is 276 g/mol. The van der Waals surface area contributed by atoms with Gasteiger partial charge in [-0.05, 0) is 37.1 Å². The lowest BCUT2D eigenvalue weighted by Gasteiger charge is -2.24. The Hall–Kier alpha value is -1.94. The number of hydrogen-bond acceptors (Lipinski definition) is 3. The second kappa shape index (κ2) is 6.88. The Morgan fingerprint density at radius 1 is 1.23 bits per heavy atom. The summed E-state index contributed by atoms with van der Waals surface area (Å²) in [6, 6.07) is 9.71. The summed E-state index contributed by atoms with van der Waals surface area (Å²) >= 11 is 0. The standard InChI is InChI=1S/C18H22N2O2/c1-20(18(21)13-22-14-7-3-2-4-8-14)17-11-5-10-16-15(17)9-6-12-19-16/h5-6,9-12,14H,2-4,7-8,13H2,1H3. The molecule has 4 nitrogen and oxygen atoms in total. The van der Waals surface area contributed by atoms with E-state index >= 15 is 0 Å². The third-order valence-corrected chi connectivity index (χ3v) is 4.35. The maximum Gasteiger partial charge on any atom is 0.252 e. The van der Waals surface area contributed by atoms with Crippen molar-refractivity contribution in [2.24, 2.45) is 0 Å². The van der Waals surface area contributed by atoms with Crippen LogP contribution in [0.4, 0.5) is 5.69 Å². The molecule has 116 valence electrons. The molecule has 2 aromatic rings. The molecule has 1 saturated carbocycles. The summed E-state index contributed by atoms with van der Waals surface area (Å²) in [5.41, 5.74) is 1.77. The molecule has 1 aliphatic rings. The van der Waals surface area contributed by atoms with Crippen LogP contribution in [0, 0.1) is 0 Å². The summed E-state index contributed by atoms with van der Waals surface area (Å²) < 4.78 is 5.79. The molecule has 0 atom stereocenters. The maximum atomic E-state index is 12.4. The number of carbonyl (C=O) groups is 1. The van der Waals surface area contributed by atoms with Gasteiger partial charge in [-0.15, -0.1) is 0 Å². The zero-order valence-electron chi connectivity index (χ0n) is 13.0. The predicted molar refractivity (Wildman–Crippen MR) is 88.0 cm³/mol. The van der Waals surface area contributed by atoms with Gasteiger partial charge in [0.2, 0.25) is 0 Å². The highest BCUT2D eigenvalue weighted by molar-refractivity contribution is 6.02. The van der Waals surface area contributed by atoms with Gasteiger partial charge in [-0.25, -0.2) is 0 Å². The topological polar surface area (TPSA) is 42.4 Å². The van der Waals surface area contributed by atoms with Crippen LogP contribution in [0.3, 0.4) is 0 Å². The second-order valence-electron chi connectivity index (χ2n) is 5.87. The molecule has 1 heterocycles. The van der Waals surface area contributed by atoms with E-state index in [2.05, 4.69) is 4.98 Å². The Bertz CT molecular complexity index is 645. The zero-order valence-corrected chi connectivity index (χ0v) is 13.0. The molecular formula is C18H22N2O2. The summed E-state index contributed by atoms with van der Waals surface area (Å²) in [5, 5.41) is 0.985. The van der Waals surface area contributed by atoms with E-state index in [1.165, 1.54) is 19.3 Å². The van der Waals surface area contributed by atoms with Crippen LogP contribution >= 0.6 is 0 Å². The number of aromatic nitrogens is 1. The lowest BCUT2D eigenvalue weighted by molar-refractivity contribution is -0.125. The lowest BCUT2D eigenvalue weighted by Crippen LogP contribution is -2.32. The first-order chi connectivity index (χ1) is 10.8. The SMILES string of the molecule is CN(C(=O)COC1CCCCC1)c1cccc2ncccc12. The molecule has 0 aliphatic heterocycles. The fourth-order valence-corrected chi connectivity index (χ4v) is 3.03. The molecule has 0 unspecified atom stereocenters. The molecule has 0 N–H and O–H groups in total. The molecule has 0 spiro atoms. The van der Waals surface area contributed by atoms with Gasteiger partial charge in [-0.1, -0.05) is 25.3 Å². The first-order valence-corrected chi connectivity index (χ1v) is 7.97. The molecule has 1 fully saturated rings. The van der Waals surface area contributed by atoms with E-state index in [1.807, 2.05) is 30.3 Å². The maximum absolute atomic E-state index is 12.4. The normalized spacial score (nSPS) is 15.9. The van der Waals surface area contributed by atoms with E-state index in [1.54, 1.807) is 18.1 Å². The number of benzene rings is 1. The van der Waals surface area contributed by atoms with Crippen LogP contribution in [0.15, 0.2) is 36.5 Å². The first kappa shape index (κ1) is 15.0. The van der Waals surface area contributed by atoms with Gasteiger partial charge in [0.05, 0.1) is 17.3 Å².